The summed E-state index contributed by atoms with van der Waals surface area (Å²) in [5.41, 5.74) is 1.31. The lowest BCUT2D eigenvalue weighted by Gasteiger charge is -1.99. The van der Waals surface area contributed by atoms with Crippen LogP contribution in [0, 0.1) is 0 Å². The lowest BCUT2D eigenvalue weighted by molar-refractivity contribution is 0.0603. The van der Waals surface area contributed by atoms with E-state index in [2.05, 4.69) is 25.7 Å². The summed E-state index contributed by atoms with van der Waals surface area (Å²) >= 11 is 9.24. The highest BCUT2D eigenvalue weighted by Gasteiger charge is 2.13. The molecule has 0 aliphatic heterocycles. The van der Waals surface area contributed by atoms with E-state index in [4.69, 9.17) is 11.6 Å². The Balaban J connectivity index is 2.69. The summed E-state index contributed by atoms with van der Waals surface area (Å²) in [6, 6.07) is 3.55. The van der Waals surface area contributed by atoms with Crippen LogP contribution in [0.4, 0.5) is 0 Å². The van der Waals surface area contributed by atoms with Gasteiger partial charge in [0.05, 0.1) is 17.7 Å². The van der Waals surface area contributed by atoms with Gasteiger partial charge in [0.25, 0.3) is 0 Å². The van der Waals surface area contributed by atoms with Crippen molar-refractivity contribution < 1.29 is 9.53 Å². The molecule has 1 heterocycles. The predicted octanol–water partition coefficient (Wildman–Crippen LogP) is 3.37. The third kappa shape index (κ3) is 1.75. The Morgan fingerprint density at radius 1 is 1.53 bits per heavy atom. The minimum atomic E-state index is -0.365. The number of aromatic amines is 1. The maximum Gasteiger partial charge on any atom is 0.340 e. The number of esters is 1. The van der Waals surface area contributed by atoms with E-state index in [9.17, 15) is 4.79 Å². The van der Waals surface area contributed by atoms with E-state index in [1.165, 1.54) is 7.11 Å². The Hall–Kier alpha value is -1.000. The summed E-state index contributed by atoms with van der Waals surface area (Å²) in [6.45, 7) is 0. The van der Waals surface area contributed by atoms with Crippen LogP contribution in [0.1, 0.15) is 10.4 Å². The largest absolute Gasteiger partial charge is 0.465 e. The van der Waals surface area contributed by atoms with Crippen molar-refractivity contribution in [3.8, 4) is 0 Å². The fourth-order valence-corrected chi connectivity index (χ4v) is 1.90. The highest BCUT2D eigenvalue weighted by molar-refractivity contribution is 9.10. The van der Waals surface area contributed by atoms with Crippen LogP contribution >= 0.6 is 27.5 Å². The van der Waals surface area contributed by atoms with Gasteiger partial charge in [-0.1, -0.05) is 11.6 Å². The molecule has 0 unspecified atom stereocenters. The molecule has 0 fully saturated rings. The number of fused-ring (bicyclic) bond motifs is 1. The minimum absolute atomic E-state index is 0.365. The van der Waals surface area contributed by atoms with E-state index >= 15 is 0 Å². The van der Waals surface area contributed by atoms with Crippen molar-refractivity contribution in [2.24, 2.45) is 0 Å². The molecule has 1 aromatic carbocycles. The van der Waals surface area contributed by atoms with Gasteiger partial charge in [0, 0.05) is 21.6 Å². The van der Waals surface area contributed by atoms with Crippen molar-refractivity contribution in [1.29, 1.82) is 0 Å². The van der Waals surface area contributed by atoms with Crippen LogP contribution in [0.2, 0.25) is 5.02 Å². The number of nitrogens with one attached hydrogen (secondary N) is 1. The number of carbonyl (C=O) groups excluding carboxylic acids is 1. The first-order valence-corrected chi connectivity index (χ1v) is 5.35. The molecule has 0 atom stereocenters. The van der Waals surface area contributed by atoms with Gasteiger partial charge in [-0.2, -0.15) is 0 Å². The van der Waals surface area contributed by atoms with Crippen molar-refractivity contribution in [2.45, 2.75) is 0 Å². The zero-order valence-corrected chi connectivity index (χ0v) is 10.1. The standard InChI is InChI=1S/C10H7BrClNO2/c1-15-10(14)6-4-13-9-3-8(12)7(11)2-5(6)9/h2-4,13H,1H3. The maximum absolute atomic E-state index is 11.4. The van der Waals surface area contributed by atoms with Crippen molar-refractivity contribution in [3.05, 3.63) is 33.4 Å². The van der Waals surface area contributed by atoms with Gasteiger partial charge in [-0.25, -0.2) is 4.79 Å². The van der Waals surface area contributed by atoms with Gasteiger partial charge in [-0.05, 0) is 28.1 Å². The molecule has 1 N–H and O–H groups in total. The van der Waals surface area contributed by atoms with Crippen LogP contribution in [-0.4, -0.2) is 18.1 Å². The smallest absolute Gasteiger partial charge is 0.340 e. The highest BCUT2D eigenvalue weighted by Crippen LogP contribution is 2.29. The molecule has 0 aliphatic rings. The Morgan fingerprint density at radius 3 is 2.93 bits per heavy atom. The first kappa shape index (κ1) is 10.5. The van der Waals surface area contributed by atoms with Crippen LogP contribution < -0.4 is 0 Å². The number of methoxy groups -OCH3 is 1. The molecule has 78 valence electrons. The van der Waals surface area contributed by atoms with Gasteiger partial charge in [0.1, 0.15) is 0 Å². The average molecular weight is 289 g/mol. The van der Waals surface area contributed by atoms with Gasteiger partial charge in [0.2, 0.25) is 0 Å². The van der Waals surface area contributed by atoms with Gasteiger partial charge in [-0.15, -0.1) is 0 Å². The number of carbonyl (C=O) groups is 1. The average Bonchev–Trinajstić information content (AvgIpc) is 2.61. The zero-order valence-electron chi connectivity index (χ0n) is 7.80. The normalized spacial score (nSPS) is 10.6. The topological polar surface area (TPSA) is 42.1 Å². The number of ether oxygens (including phenoxy) is 1. The number of rotatable bonds is 1. The summed E-state index contributed by atoms with van der Waals surface area (Å²) in [6.07, 6.45) is 1.61. The van der Waals surface area contributed by atoms with Gasteiger partial charge < -0.3 is 9.72 Å². The minimum Gasteiger partial charge on any atom is -0.465 e. The molecule has 0 saturated carbocycles. The summed E-state index contributed by atoms with van der Waals surface area (Å²) in [4.78, 5) is 14.4. The van der Waals surface area contributed by atoms with E-state index in [0.29, 0.717) is 10.6 Å². The molecule has 0 amide bonds. The lowest BCUT2D eigenvalue weighted by Crippen LogP contribution is -1.99. The highest BCUT2D eigenvalue weighted by atomic mass is 79.9. The molecule has 1 aromatic heterocycles. The molecule has 2 rings (SSSR count). The third-order valence-electron chi connectivity index (χ3n) is 2.13. The summed E-state index contributed by atoms with van der Waals surface area (Å²) in [5.74, 6) is -0.365. The summed E-state index contributed by atoms with van der Waals surface area (Å²) in [5, 5.41) is 1.39. The van der Waals surface area contributed by atoms with Gasteiger partial charge in [-0.3, -0.25) is 0 Å². The van der Waals surface area contributed by atoms with Crippen molar-refractivity contribution in [2.75, 3.05) is 7.11 Å². The Labute approximate surface area is 99.5 Å². The predicted molar refractivity (Wildman–Crippen MR) is 62.3 cm³/mol. The number of aromatic nitrogens is 1. The molecular formula is C10H7BrClNO2. The molecule has 0 aliphatic carbocycles. The van der Waals surface area contributed by atoms with E-state index in [-0.39, 0.29) is 5.97 Å². The molecular weight excluding hydrogens is 281 g/mol. The second-order valence-electron chi connectivity index (χ2n) is 3.01. The maximum atomic E-state index is 11.4. The van der Waals surface area contributed by atoms with Crippen LogP contribution in [0.3, 0.4) is 0 Å². The number of halogens is 2. The molecule has 0 bridgehead atoms. The molecule has 0 saturated heterocycles. The lowest BCUT2D eigenvalue weighted by atomic mass is 10.2. The van der Waals surface area contributed by atoms with Crippen molar-refractivity contribution in [3.63, 3.8) is 0 Å². The SMILES string of the molecule is COC(=O)c1c[nH]c2cc(Cl)c(Br)cc12. The Kier molecular flexibility index (Phi) is 2.71. The number of H-pyrrole nitrogens is 1. The van der Waals surface area contributed by atoms with Gasteiger partial charge in [0.15, 0.2) is 0 Å². The third-order valence-corrected chi connectivity index (χ3v) is 3.33. The molecule has 0 radical (unpaired) electrons. The van der Waals surface area contributed by atoms with Crippen LogP contribution in [0.25, 0.3) is 10.9 Å². The molecule has 0 spiro atoms. The Bertz CT molecular complexity index is 535. The monoisotopic (exact) mass is 287 g/mol. The quantitative estimate of drug-likeness (QED) is 0.818. The first-order chi connectivity index (χ1) is 7.13. The van der Waals surface area contributed by atoms with Crippen LogP contribution in [0.5, 0.6) is 0 Å². The second kappa shape index (κ2) is 3.87. The van der Waals surface area contributed by atoms with E-state index in [1.54, 1.807) is 18.3 Å². The second-order valence-corrected chi connectivity index (χ2v) is 4.27. The number of hydrogen-bond donors (Lipinski definition) is 1. The van der Waals surface area contributed by atoms with Crippen molar-refractivity contribution in [1.82, 2.24) is 4.98 Å². The first-order valence-electron chi connectivity index (χ1n) is 4.18. The molecule has 15 heavy (non-hydrogen) atoms. The summed E-state index contributed by atoms with van der Waals surface area (Å²) < 4.78 is 5.42. The van der Waals surface area contributed by atoms with E-state index in [0.717, 1.165) is 15.4 Å². The van der Waals surface area contributed by atoms with E-state index in [1.807, 2.05) is 0 Å². The molecule has 3 nitrogen and oxygen atoms in total. The van der Waals surface area contributed by atoms with Gasteiger partial charge >= 0.3 is 5.97 Å². The van der Waals surface area contributed by atoms with E-state index < -0.39 is 0 Å². The fourth-order valence-electron chi connectivity index (χ4n) is 1.40. The van der Waals surface area contributed by atoms with Crippen molar-refractivity contribution >= 4 is 44.4 Å². The van der Waals surface area contributed by atoms with Crippen LogP contribution in [-0.2, 0) is 4.74 Å². The number of hydrogen-bond acceptors (Lipinski definition) is 2. The molecule has 5 heteroatoms. The molecule has 2 aromatic rings. The number of benzene rings is 1. The fraction of sp³-hybridized carbons (Fsp3) is 0.100. The zero-order chi connectivity index (χ0) is 11.0. The van der Waals surface area contributed by atoms with Crippen LogP contribution in [0.15, 0.2) is 22.8 Å². The summed E-state index contributed by atoms with van der Waals surface area (Å²) in [7, 11) is 1.35. The Morgan fingerprint density at radius 2 is 2.27 bits per heavy atom.